The minimum Gasteiger partial charge on any atom is -0.365 e. The van der Waals surface area contributed by atoms with Crippen LogP contribution >= 0.6 is 0 Å². The smallest absolute Gasteiger partial charge is 0.365 e. The number of anilines is 1. The first kappa shape index (κ1) is 11.4. The molecule has 0 fully saturated rings. The van der Waals surface area contributed by atoms with Gasteiger partial charge in [-0.25, -0.2) is 4.98 Å². The lowest BCUT2D eigenvalue weighted by atomic mass is 10.2. The van der Waals surface area contributed by atoms with Gasteiger partial charge in [0.15, 0.2) is 0 Å². The summed E-state index contributed by atoms with van der Waals surface area (Å²) in [4.78, 5) is 3.68. The highest BCUT2D eigenvalue weighted by Gasteiger charge is 2.33. The third kappa shape index (κ3) is 2.74. The van der Waals surface area contributed by atoms with Crippen molar-refractivity contribution in [2.45, 2.75) is 12.7 Å². The molecular formula is C10H9F3N4. The summed E-state index contributed by atoms with van der Waals surface area (Å²) in [6.45, 7) is 0.233. The Balaban J connectivity index is 2.16. The number of halogens is 3. The number of rotatable bonds is 3. The molecule has 0 unspecified atom stereocenters. The Morgan fingerprint density at radius 3 is 2.82 bits per heavy atom. The molecule has 2 N–H and O–H groups in total. The normalized spacial score (nSPS) is 11.5. The molecular weight excluding hydrogens is 233 g/mol. The SMILES string of the molecule is FC(F)(F)c1cccnc1NCc1cn[nH]c1. The molecule has 0 amide bonds. The van der Waals surface area contributed by atoms with E-state index in [0.717, 1.165) is 11.6 Å². The van der Waals surface area contributed by atoms with Crippen molar-refractivity contribution >= 4 is 5.82 Å². The fourth-order valence-corrected chi connectivity index (χ4v) is 1.34. The zero-order chi connectivity index (χ0) is 12.3. The molecule has 2 rings (SSSR count). The minimum absolute atomic E-state index is 0.179. The number of aromatic amines is 1. The summed E-state index contributed by atoms with van der Waals surface area (Å²) in [5.74, 6) is -0.179. The lowest BCUT2D eigenvalue weighted by Gasteiger charge is -2.12. The van der Waals surface area contributed by atoms with Crippen LogP contribution in [0, 0.1) is 0 Å². The van der Waals surface area contributed by atoms with Gasteiger partial charge in [0.1, 0.15) is 5.82 Å². The zero-order valence-electron chi connectivity index (χ0n) is 8.62. The van der Waals surface area contributed by atoms with Gasteiger partial charge in [-0.15, -0.1) is 0 Å². The fraction of sp³-hybridized carbons (Fsp3) is 0.200. The number of hydrogen-bond acceptors (Lipinski definition) is 3. The Labute approximate surface area is 94.9 Å². The van der Waals surface area contributed by atoms with Crippen molar-refractivity contribution in [2.75, 3.05) is 5.32 Å². The number of hydrogen-bond donors (Lipinski definition) is 2. The van der Waals surface area contributed by atoms with E-state index in [-0.39, 0.29) is 12.4 Å². The topological polar surface area (TPSA) is 53.6 Å². The van der Waals surface area contributed by atoms with E-state index < -0.39 is 11.7 Å². The standard InChI is InChI=1S/C10H9F3N4/c11-10(12,13)8-2-1-3-14-9(8)15-4-7-5-16-17-6-7/h1-3,5-6H,4H2,(H,14,15)(H,16,17). The minimum atomic E-state index is -4.41. The van der Waals surface area contributed by atoms with E-state index in [2.05, 4.69) is 20.5 Å². The average molecular weight is 242 g/mol. The number of pyridine rings is 1. The second-order valence-electron chi connectivity index (χ2n) is 3.36. The molecule has 90 valence electrons. The van der Waals surface area contributed by atoms with Crippen molar-refractivity contribution in [3.05, 3.63) is 41.9 Å². The Morgan fingerprint density at radius 2 is 2.18 bits per heavy atom. The van der Waals surface area contributed by atoms with Crippen LogP contribution in [0.15, 0.2) is 30.7 Å². The van der Waals surface area contributed by atoms with Crippen LogP contribution in [0.2, 0.25) is 0 Å². The molecule has 2 heterocycles. The van der Waals surface area contributed by atoms with Gasteiger partial charge in [0.25, 0.3) is 0 Å². The van der Waals surface area contributed by atoms with Gasteiger partial charge in [-0.1, -0.05) is 0 Å². The molecule has 2 aromatic rings. The molecule has 0 radical (unpaired) electrons. The van der Waals surface area contributed by atoms with Crippen LogP contribution in [0.5, 0.6) is 0 Å². The quantitative estimate of drug-likeness (QED) is 0.869. The summed E-state index contributed by atoms with van der Waals surface area (Å²) in [7, 11) is 0. The summed E-state index contributed by atoms with van der Waals surface area (Å²) in [5, 5.41) is 8.91. The molecule has 17 heavy (non-hydrogen) atoms. The van der Waals surface area contributed by atoms with Crippen molar-refractivity contribution in [1.29, 1.82) is 0 Å². The molecule has 0 aliphatic rings. The first-order valence-corrected chi connectivity index (χ1v) is 4.81. The highest BCUT2D eigenvalue weighted by Crippen LogP contribution is 2.33. The molecule has 0 saturated carbocycles. The van der Waals surface area contributed by atoms with E-state index in [1.807, 2.05) is 0 Å². The van der Waals surface area contributed by atoms with Crippen LogP contribution in [-0.4, -0.2) is 15.2 Å². The van der Waals surface area contributed by atoms with E-state index in [1.165, 1.54) is 18.5 Å². The molecule has 0 atom stereocenters. The summed E-state index contributed by atoms with van der Waals surface area (Å²) in [6.07, 6.45) is 0.0341. The maximum Gasteiger partial charge on any atom is 0.419 e. The molecule has 0 spiro atoms. The largest absolute Gasteiger partial charge is 0.419 e. The second-order valence-corrected chi connectivity index (χ2v) is 3.36. The fourth-order valence-electron chi connectivity index (χ4n) is 1.34. The highest BCUT2D eigenvalue weighted by atomic mass is 19.4. The third-order valence-corrected chi connectivity index (χ3v) is 2.13. The first-order valence-electron chi connectivity index (χ1n) is 4.81. The van der Waals surface area contributed by atoms with E-state index in [0.29, 0.717) is 0 Å². The van der Waals surface area contributed by atoms with Gasteiger partial charge in [0, 0.05) is 24.5 Å². The Hall–Kier alpha value is -2.05. The van der Waals surface area contributed by atoms with Crippen LogP contribution in [0.1, 0.15) is 11.1 Å². The van der Waals surface area contributed by atoms with E-state index in [4.69, 9.17) is 0 Å². The van der Waals surface area contributed by atoms with Gasteiger partial charge in [-0.2, -0.15) is 18.3 Å². The van der Waals surface area contributed by atoms with Gasteiger partial charge in [-0.05, 0) is 12.1 Å². The van der Waals surface area contributed by atoms with E-state index in [9.17, 15) is 13.2 Å². The Bertz CT molecular complexity index is 479. The monoisotopic (exact) mass is 242 g/mol. The highest BCUT2D eigenvalue weighted by molar-refractivity contribution is 5.45. The number of nitrogens with zero attached hydrogens (tertiary/aromatic N) is 2. The van der Waals surface area contributed by atoms with E-state index in [1.54, 1.807) is 6.20 Å². The van der Waals surface area contributed by atoms with Gasteiger partial charge in [0.05, 0.1) is 11.8 Å². The lowest BCUT2D eigenvalue weighted by Crippen LogP contribution is -2.11. The van der Waals surface area contributed by atoms with Crippen LogP contribution in [0.25, 0.3) is 0 Å². The van der Waals surface area contributed by atoms with Crippen molar-refractivity contribution in [2.24, 2.45) is 0 Å². The molecule has 0 aromatic carbocycles. The zero-order valence-corrected chi connectivity index (χ0v) is 8.62. The molecule has 7 heteroatoms. The lowest BCUT2D eigenvalue weighted by molar-refractivity contribution is -0.137. The van der Waals surface area contributed by atoms with E-state index >= 15 is 0 Å². The van der Waals surface area contributed by atoms with Crippen molar-refractivity contribution in [3.63, 3.8) is 0 Å². The summed E-state index contributed by atoms with van der Waals surface area (Å²) < 4.78 is 37.8. The van der Waals surface area contributed by atoms with Crippen LogP contribution in [0.4, 0.5) is 19.0 Å². The molecule has 0 bridgehead atoms. The number of nitrogens with one attached hydrogen (secondary N) is 2. The maximum absolute atomic E-state index is 12.6. The second kappa shape index (κ2) is 4.44. The molecule has 4 nitrogen and oxygen atoms in total. The first-order chi connectivity index (χ1) is 8.07. The van der Waals surface area contributed by atoms with Crippen LogP contribution < -0.4 is 5.32 Å². The van der Waals surface area contributed by atoms with Crippen molar-refractivity contribution < 1.29 is 13.2 Å². The summed E-state index contributed by atoms with van der Waals surface area (Å²) in [6, 6.07) is 2.25. The summed E-state index contributed by atoms with van der Waals surface area (Å²) in [5.41, 5.74) is -0.0210. The van der Waals surface area contributed by atoms with Gasteiger partial charge in [-0.3, -0.25) is 5.10 Å². The van der Waals surface area contributed by atoms with Gasteiger partial charge >= 0.3 is 6.18 Å². The van der Waals surface area contributed by atoms with Crippen LogP contribution in [-0.2, 0) is 12.7 Å². The third-order valence-electron chi connectivity index (χ3n) is 2.13. The maximum atomic E-state index is 12.6. The van der Waals surface area contributed by atoms with Gasteiger partial charge in [0.2, 0.25) is 0 Å². The molecule has 0 aliphatic carbocycles. The molecule has 0 aliphatic heterocycles. The number of aromatic nitrogens is 3. The van der Waals surface area contributed by atoms with Crippen molar-refractivity contribution in [3.8, 4) is 0 Å². The number of H-pyrrole nitrogens is 1. The Morgan fingerprint density at radius 1 is 1.35 bits per heavy atom. The average Bonchev–Trinajstić information content (AvgIpc) is 2.78. The van der Waals surface area contributed by atoms with Crippen LogP contribution in [0.3, 0.4) is 0 Å². The van der Waals surface area contributed by atoms with Crippen molar-refractivity contribution in [1.82, 2.24) is 15.2 Å². The predicted octanol–water partition coefficient (Wildman–Crippen LogP) is 2.44. The Kier molecular flexibility index (Phi) is 2.99. The molecule has 0 saturated heterocycles. The predicted molar refractivity (Wildman–Crippen MR) is 55.2 cm³/mol. The van der Waals surface area contributed by atoms with Gasteiger partial charge < -0.3 is 5.32 Å². The number of alkyl halides is 3. The molecule has 2 aromatic heterocycles. The summed E-state index contributed by atoms with van der Waals surface area (Å²) >= 11 is 0.